The Morgan fingerprint density at radius 2 is 2.09 bits per heavy atom. The van der Waals surface area contributed by atoms with Gasteiger partial charge in [0, 0.05) is 24.7 Å². The van der Waals surface area contributed by atoms with E-state index in [9.17, 15) is 9.59 Å². The van der Waals surface area contributed by atoms with Gasteiger partial charge in [-0.3, -0.25) is 14.3 Å². The quantitative estimate of drug-likeness (QED) is 0.836. The van der Waals surface area contributed by atoms with Crippen molar-refractivity contribution in [1.29, 1.82) is 0 Å². The number of hydrogen-bond donors (Lipinski definition) is 1. The summed E-state index contributed by atoms with van der Waals surface area (Å²) in [6.45, 7) is 1.78. The molecule has 6 nitrogen and oxygen atoms in total. The zero-order chi connectivity index (χ0) is 16.3. The smallest absolute Gasteiger partial charge is 0.247 e. The first-order valence-electron chi connectivity index (χ1n) is 7.36. The van der Waals surface area contributed by atoms with E-state index in [0.717, 1.165) is 31.4 Å². The Morgan fingerprint density at radius 1 is 1.45 bits per heavy atom. The monoisotopic (exact) mass is 324 g/mol. The van der Waals surface area contributed by atoms with Gasteiger partial charge in [-0.2, -0.15) is 5.10 Å². The van der Waals surface area contributed by atoms with E-state index in [1.807, 2.05) is 6.92 Å². The Labute approximate surface area is 134 Å². The highest BCUT2D eigenvalue weighted by atomic mass is 35.5. The summed E-state index contributed by atoms with van der Waals surface area (Å²) in [6.07, 6.45) is 7.07. The van der Waals surface area contributed by atoms with Crippen LogP contribution in [0.4, 0.5) is 0 Å². The van der Waals surface area contributed by atoms with E-state index in [2.05, 4.69) is 5.10 Å². The molecule has 2 N–H and O–H groups in total. The van der Waals surface area contributed by atoms with E-state index in [4.69, 9.17) is 17.3 Å². The molecule has 22 heavy (non-hydrogen) atoms. The van der Waals surface area contributed by atoms with Crippen LogP contribution in [0.25, 0.3) is 6.08 Å². The maximum atomic E-state index is 12.4. The minimum Gasteiger partial charge on any atom is -0.368 e. The molecule has 1 aliphatic rings. The standard InChI is InChI=1S/C15H21ClN4O2/c1-10-12(15(16)19(2)18-10)7-8-14(22)20(9-13(17)21)11-5-3-4-6-11/h7-8,11H,3-6,9H2,1-2H3,(H2,17,21)/b8-7+. The Kier molecular flexibility index (Phi) is 5.24. The molecule has 0 aromatic carbocycles. The molecule has 0 saturated heterocycles. The molecule has 1 heterocycles. The van der Waals surface area contributed by atoms with Gasteiger partial charge in [0.2, 0.25) is 11.8 Å². The average Bonchev–Trinajstić information content (AvgIpc) is 3.04. The number of halogens is 1. The number of nitrogens with two attached hydrogens (primary N) is 1. The van der Waals surface area contributed by atoms with Crippen LogP contribution < -0.4 is 5.73 Å². The van der Waals surface area contributed by atoms with E-state index in [0.29, 0.717) is 10.7 Å². The molecular weight excluding hydrogens is 304 g/mol. The number of carbonyl (C=O) groups excluding carboxylic acids is 2. The van der Waals surface area contributed by atoms with Crippen LogP contribution in [-0.2, 0) is 16.6 Å². The summed E-state index contributed by atoms with van der Waals surface area (Å²) in [5, 5.41) is 4.67. The largest absolute Gasteiger partial charge is 0.368 e. The Bertz CT molecular complexity index is 603. The van der Waals surface area contributed by atoms with Crippen LogP contribution >= 0.6 is 11.6 Å². The van der Waals surface area contributed by atoms with Crippen LogP contribution in [0.1, 0.15) is 36.9 Å². The van der Waals surface area contributed by atoms with Gasteiger partial charge in [-0.05, 0) is 25.8 Å². The van der Waals surface area contributed by atoms with Crippen LogP contribution in [0.15, 0.2) is 6.08 Å². The number of rotatable bonds is 5. The van der Waals surface area contributed by atoms with E-state index in [1.54, 1.807) is 22.7 Å². The highest BCUT2D eigenvalue weighted by Gasteiger charge is 2.26. The van der Waals surface area contributed by atoms with Gasteiger partial charge in [-0.15, -0.1) is 0 Å². The number of primary amides is 1. The summed E-state index contributed by atoms with van der Waals surface area (Å²) in [6, 6.07) is 0.0927. The zero-order valence-corrected chi connectivity index (χ0v) is 13.6. The second-order valence-corrected chi connectivity index (χ2v) is 5.98. The highest BCUT2D eigenvalue weighted by Crippen LogP contribution is 2.24. The summed E-state index contributed by atoms with van der Waals surface area (Å²) in [7, 11) is 1.74. The van der Waals surface area contributed by atoms with Crippen LogP contribution in [0.5, 0.6) is 0 Å². The van der Waals surface area contributed by atoms with Gasteiger partial charge in [-0.1, -0.05) is 24.4 Å². The van der Waals surface area contributed by atoms with Gasteiger partial charge >= 0.3 is 0 Å². The lowest BCUT2D eigenvalue weighted by Crippen LogP contribution is -2.43. The summed E-state index contributed by atoms with van der Waals surface area (Å²) in [4.78, 5) is 25.2. The first-order valence-corrected chi connectivity index (χ1v) is 7.74. The topological polar surface area (TPSA) is 81.2 Å². The number of nitrogens with zero attached hydrogens (tertiary/aromatic N) is 3. The molecule has 0 unspecified atom stereocenters. The second-order valence-electron chi connectivity index (χ2n) is 5.62. The second kappa shape index (κ2) is 6.96. The van der Waals surface area contributed by atoms with Crippen molar-refractivity contribution in [3.63, 3.8) is 0 Å². The highest BCUT2D eigenvalue weighted by molar-refractivity contribution is 6.31. The molecule has 2 rings (SSSR count). The predicted molar refractivity (Wildman–Crippen MR) is 85.2 cm³/mol. The van der Waals surface area contributed by atoms with Gasteiger partial charge < -0.3 is 10.6 Å². The summed E-state index contributed by atoms with van der Waals surface area (Å²) in [5.41, 5.74) is 6.73. The maximum Gasteiger partial charge on any atom is 0.247 e. The third-order valence-electron chi connectivity index (χ3n) is 3.96. The van der Waals surface area contributed by atoms with Gasteiger partial charge in [0.15, 0.2) is 0 Å². The van der Waals surface area contributed by atoms with Crippen molar-refractivity contribution >= 4 is 29.5 Å². The molecule has 0 aliphatic heterocycles. The molecule has 0 radical (unpaired) electrons. The van der Waals surface area contributed by atoms with Crippen molar-refractivity contribution < 1.29 is 9.59 Å². The number of aromatic nitrogens is 2. The predicted octanol–water partition coefficient (Wildman–Crippen LogP) is 1.65. The molecule has 1 aromatic heterocycles. The molecule has 0 spiro atoms. The third kappa shape index (κ3) is 3.68. The van der Waals surface area contributed by atoms with Crippen LogP contribution in [-0.4, -0.2) is 39.1 Å². The molecular formula is C15H21ClN4O2. The zero-order valence-electron chi connectivity index (χ0n) is 12.9. The van der Waals surface area contributed by atoms with Gasteiger partial charge in [-0.25, -0.2) is 0 Å². The summed E-state index contributed by atoms with van der Waals surface area (Å²) < 4.78 is 1.55. The van der Waals surface area contributed by atoms with E-state index < -0.39 is 5.91 Å². The fourth-order valence-corrected chi connectivity index (χ4v) is 3.09. The molecule has 1 aromatic rings. The third-order valence-corrected chi connectivity index (χ3v) is 4.41. The first-order chi connectivity index (χ1) is 10.4. The SMILES string of the molecule is Cc1nn(C)c(Cl)c1/C=C/C(=O)N(CC(N)=O)C1CCCC1. The maximum absolute atomic E-state index is 12.4. The summed E-state index contributed by atoms with van der Waals surface area (Å²) in [5.74, 6) is -0.714. The Morgan fingerprint density at radius 3 is 2.59 bits per heavy atom. The molecule has 120 valence electrons. The normalized spacial score (nSPS) is 15.6. The lowest BCUT2D eigenvalue weighted by Gasteiger charge is -2.26. The van der Waals surface area contributed by atoms with Crippen LogP contribution in [0.2, 0.25) is 5.15 Å². The molecule has 1 fully saturated rings. The van der Waals surface area contributed by atoms with Crippen LogP contribution in [0.3, 0.4) is 0 Å². The first kappa shape index (κ1) is 16.5. The van der Waals surface area contributed by atoms with E-state index in [-0.39, 0.29) is 18.5 Å². The van der Waals surface area contributed by atoms with Crippen LogP contribution in [0, 0.1) is 6.92 Å². The average molecular weight is 325 g/mol. The van der Waals surface area contributed by atoms with Crippen molar-refractivity contribution in [2.75, 3.05) is 6.54 Å². The summed E-state index contributed by atoms with van der Waals surface area (Å²) >= 11 is 6.14. The minimum absolute atomic E-state index is 0.0480. The Balaban J connectivity index is 2.16. The number of hydrogen-bond acceptors (Lipinski definition) is 3. The molecule has 1 saturated carbocycles. The molecule has 2 amide bonds. The fraction of sp³-hybridized carbons (Fsp3) is 0.533. The van der Waals surface area contributed by atoms with Crippen molar-refractivity contribution in [3.05, 3.63) is 22.5 Å². The van der Waals surface area contributed by atoms with Crippen molar-refractivity contribution in [2.45, 2.75) is 38.6 Å². The van der Waals surface area contributed by atoms with E-state index >= 15 is 0 Å². The van der Waals surface area contributed by atoms with Gasteiger partial charge in [0.1, 0.15) is 5.15 Å². The van der Waals surface area contributed by atoms with Gasteiger partial charge in [0.25, 0.3) is 0 Å². The number of carbonyl (C=O) groups is 2. The lowest BCUT2D eigenvalue weighted by molar-refractivity contribution is -0.133. The van der Waals surface area contributed by atoms with Crippen molar-refractivity contribution in [1.82, 2.24) is 14.7 Å². The molecule has 1 aliphatic carbocycles. The molecule has 0 bridgehead atoms. The number of aryl methyl sites for hydroxylation is 2. The fourth-order valence-electron chi connectivity index (χ4n) is 2.86. The Hall–Kier alpha value is -1.82. The van der Waals surface area contributed by atoms with Crippen molar-refractivity contribution in [3.8, 4) is 0 Å². The number of amides is 2. The van der Waals surface area contributed by atoms with Crippen molar-refractivity contribution in [2.24, 2.45) is 12.8 Å². The lowest BCUT2D eigenvalue weighted by atomic mass is 10.2. The molecule has 7 heteroatoms. The van der Waals surface area contributed by atoms with Gasteiger partial charge in [0.05, 0.1) is 12.2 Å². The minimum atomic E-state index is -0.496. The molecule has 0 atom stereocenters. The van der Waals surface area contributed by atoms with E-state index in [1.165, 1.54) is 6.08 Å².